The molecule has 1 aliphatic heterocycles. The summed E-state index contributed by atoms with van der Waals surface area (Å²) in [6, 6.07) is 14.6. The van der Waals surface area contributed by atoms with Crippen LogP contribution in [0.4, 0.5) is 4.39 Å². The number of ketones is 1. The number of aliphatic hydroxyl groups is 1. The van der Waals surface area contributed by atoms with Crippen LogP contribution in [0.25, 0.3) is 5.76 Å². The second-order valence-electron chi connectivity index (χ2n) is 6.77. The molecule has 0 spiro atoms. The Bertz CT molecular complexity index is 1120. The van der Waals surface area contributed by atoms with E-state index in [0.717, 1.165) is 0 Å². The Balaban J connectivity index is 1.84. The summed E-state index contributed by atoms with van der Waals surface area (Å²) in [6.45, 7) is 0.0406. The summed E-state index contributed by atoms with van der Waals surface area (Å²) >= 11 is 0. The minimum Gasteiger partial charge on any atom is -0.507 e. The third-order valence-corrected chi connectivity index (χ3v) is 4.98. The summed E-state index contributed by atoms with van der Waals surface area (Å²) in [6.07, 6.45) is 1.43. The fraction of sp³-hybridized carbons (Fsp3) is 0.130. The molecule has 1 aliphatic rings. The van der Waals surface area contributed by atoms with Gasteiger partial charge in [-0.3, -0.25) is 9.59 Å². The zero-order chi connectivity index (χ0) is 21.3. The number of benzene rings is 2. The number of methoxy groups -OCH3 is 1. The number of halogens is 1. The summed E-state index contributed by atoms with van der Waals surface area (Å²) < 4.78 is 24.0. The van der Waals surface area contributed by atoms with Crippen LogP contribution in [0, 0.1) is 5.82 Å². The highest BCUT2D eigenvalue weighted by atomic mass is 19.1. The first-order valence-electron chi connectivity index (χ1n) is 9.21. The number of rotatable bonds is 5. The number of amides is 1. The smallest absolute Gasteiger partial charge is 0.296 e. The van der Waals surface area contributed by atoms with Crippen molar-refractivity contribution in [2.75, 3.05) is 7.11 Å². The molecule has 7 heteroatoms. The van der Waals surface area contributed by atoms with Gasteiger partial charge in [0.25, 0.3) is 11.7 Å². The first kappa shape index (κ1) is 19.4. The highest BCUT2D eigenvalue weighted by Gasteiger charge is 2.47. The maximum atomic E-state index is 13.3. The predicted octanol–water partition coefficient (Wildman–Crippen LogP) is 4.05. The van der Waals surface area contributed by atoms with Gasteiger partial charge in [0.2, 0.25) is 0 Å². The van der Waals surface area contributed by atoms with Crippen LogP contribution in [0.5, 0.6) is 5.75 Å². The van der Waals surface area contributed by atoms with Gasteiger partial charge in [-0.2, -0.15) is 0 Å². The molecule has 3 aromatic rings. The molecule has 1 fully saturated rings. The van der Waals surface area contributed by atoms with E-state index in [-0.39, 0.29) is 23.4 Å². The molecule has 1 saturated heterocycles. The molecule has 0 saturated carbocycles. The van der Waals surface area contributed by atoms with Gasteiger partial charge in [0, 0.05) is 6.54 Å². The van der Waals surface area contributed by atoms with Gasteiger partial charge in [0.1, 0.15) is 29.1 Å². The third kappa shape index (κ3) is 3.34. The molecule has 2 heterocycles. The molecular formula is C23H18FNO5. The Morgan fingerprint density at radius 1 is 1.10 bits per heavy atom. The normalized spacial score (nSPS) is 18.1. The summed E-state index contributed by atoms with van der Waals surface area (Å²) in [5.41, 5.74) is 0.824. The van der Waals surface area contributed by atoms with E-state index in [9.17, 15) is 19.1 Å². The van der Waals surface area contributed by atoms with Crippen molar-refractivity contribution in [1.82, 2.24) is 4.90 Å². The van der Waals surface area contributed by atoms with Crippen LogP contribution in [-0.2, 0) is 16.1 Å². The van der Waals surface area contributed by atoms with Crippen molar-refractivity contribution in [3.63, 3.8) is 0 Å². The lowest BCUT2D eigenvalue weighted by atomic mass is 9.98. The molecule has 152 valence electrons. The number of Topliss-reactive ketones (excluding diaryl/α,β-unsaturated/α-hetero) is 1. The lowest BCUT2D eigenvalue weighted by Crippen LogP contribution is -2.29. The standard InChI is InChI=1S/C23H18FNO5/c1-29-17-6-3-2-5-16(17)21(26)19-20(18-7-4-12-30-18)25(23(28)22(19)27)13-14-8-10-15(24)11-9-14/h2-12,20,26H,13H2,1H3/b21-19-. The van der Waals surface area contributed by atoms with Crippen molar-refractivity contribution < 1.29 is 28.2 Å². The van der Waals surface area contributed by atoms with Gasteiger partial charge in [0.15, 0.2) is 0 Å². The van der Waals surface area contributed by atoms with Crippen LogP contribution >= 0.6 is 0 Å². The van der Waals surface area contributed by atoms with Crippen LogP contribution in [0.1, 0.15) is 22.9 Å². The lowest BCUT2D eigenvalue weighted by molar-refractivity contribution is -0.140. The third-order valence-electron chi connectivity index (χ3n) is 4.98. The topological polar surface area (TPSA) is 80.0 Å². The van der Waals surface area contributed by atoms with Crippen molar-refractivity contribution >= 4 is 17.4 Å². The average molecular weight is 407 g/mol. The van der Waals surface area contributed by atoms with E-state index in [0.29, 0.717) is 17.1 Å². The molecular weight excluding hydrogens is 389 g/mol. The van der Waals surface area contributed by atoms with Gasteiger partial charge < -0.3 is 19.2 Å². The number of hydrogen-bond donors (Lipinski definition) is 1. The van der Waals surface area contributed by atoms with Crippen LogP contribution < -0.4 is 4.74 Å². The molecule has 6 nitrogen and oxygen atoms in total. The highest BCUT2D eigenvalue weighted by Crippen LogP contribution is 2.41. The van der Waals surface area contributed by atoms with Gasteiger partial charge in [-0.15, -0.1) is 0 Å². The number of hydrogen-bond acceptors (Lipinski definition) is 5. The van der Waals surface area contributed by atoms with Crippen molar-refractivity contribution in [2.24, 2.45) is 0 Å². The number of carbonyl (C=O) groups excluding carboxylic acids is 2. The first-order chi connectivity index (χ1) is 14.5. The number of furan rings is 1. The highest BCUT2D eigenvalue weighted by molar-refractivity contribution is 6.46. The van der Waals surface area contributed by atoms with Crippen LogP contribution in [0.3, 0.4) is 0 Å². The SMILES string of the molecule is COc1ccccc1/C(O)=C1/C(=O)C(=O)N(Cc2ccc(F)cc2)C1c1ccco1. The van der Waals surface area contributed by atoms with E-state index < -0.39 is 23.5 Å². The van der Waals surface area contributed by atoms with E-state index in [2.05, 4.69) is 0 Å². The fourth-order valence-electron chi connectivity index (χ4n) is 3.56. The monoisotopic (exact) mass is 407 g/mol. The molecule has 1 N–H and O–H groups in total. The zero-order valence-electron chi connectivity index (χ0n) is 16.0. The molecule has 1 unspecified atom stereocenters. The summed E-state index contributed by atoms with van der Waals surface area (Å²) in [5.74, 6) is -1.68. The second kappa shape index (κ2) is 7.87. The Kier molecular flexibility index (Phi) is 5.10. The van der Waals surface area contributed by atoms with Crippen LogP contribution in [-0.4, -0.2) is 28.8 Å². The van der Waals surface area contributed by atoms with Crippen molar-refractivity contribution in [2.45, 2.75) is 12.6 Å². The first-order valence-corrected chi connectivity index (χ1v) is 9.21. The molecule has 0 bridgehead atoms. The maximum absolute atomic E-state index is 13.3. The minimum atomic E-state index is -0.935. The quantitative estimate of drug-likeness (QED) is 0.392. The maximum Gasteiger partial charge on any atom is 0.296 e. The van der Waals surface area contributed by atoms with Gasteiger partial charge in [-0.05, 0) is 42.0 Å². The average Bonchev–Trinajstić information content (AvgIpc) is 3.37. The molecule has 0 aliphatic carbocycles. The molecule has 4 rings (SSSR count). The molecule has 1 amide bonds. The molecule has 30 heavy (non-hydrogen) atoms. The van der Waals surface area contributed by atoms with Crippen molar-refractivity contribution in [1.29, 1.82) is 0 Å². The number of carbonyl (C=O) groups is 2. The number of para-hydroxylation sites is 1. The Hall–Kier alpha value is -3.87. The van der Waals surface area contributed by atoms with Crippen molar-refractivity contribution in [3.8, 4) is 5.75 Å². The van der Waals surface area contributed by atoms with E-state index in [1.807, 2.05) is 0 Å². The Morgan fingerprint density at radius 2 is 1.83 bits per heavy atom. The fourth-order valence-corrected chi connectivity index (χ4v) is 3.56. The lowest BCUT2D eigenvalue weighted by Gasteiger charge is -2.23. The number of ether oxygens (including phenoxy) is 1. The largest absolute Gasteiger partial charge is 0.507 e. The Morgan fingerprint density at radius 3 is 2.50 bits per heavy atom. The van der Waals surface area contributed by atoms with E-state index in [4.69, 9.17) is 9.15 Å². The van der Waals surface area contributed by atoms with Gasteiger partial charge in [-0.25, -0.2) is 4.39 Å². The Labute approximate surface area is 171 Å². The number of likely N-dealkylation sites (tertiary alicyclic amines) is 1. The molecule has 1 aromatic heterocycles. The van der Waals surface area contributed by atoms with E-state index in [1.165, 1.54) is 42.5 Å². The molecule has 1 atom stereocenters. The summed E-state index contributed by atoms with van der Waals surface area (Å²) in [4.78, 5) is 27.1. The summed E-state index contributed by atoms with van der Waals surface area (Å²) in [5, 5.41) is 11.0. The van der Waals surface area contributed by atoms with Crippen molar-refractivity contribution in [3.05, 3.63) is 95.2 Å². The van der Waals surface area contributed by atoms with Crippen LogP contribution in [0.2, 0.25) is 0 Å². The van der Waals surface area contributed by atoms with Crippen LogP contribution in [0.15, 0.2) is 76.9 Å². The van der Waals surface area contributed by atoms with Gasteiger partial charge in [0.05, 0.1) is 24.5 Å². The van der Waals surface area contributed by atoms with Gasteiger partial charge >= 0.3 is 0 Å². The number of nitrogens with zero attached hydrogens (tertiary/aromatic N) is 1. The number of aliphatic hydroxyl groups excluding tert-OH is 1. The predicted molar refractivity (Wildman–Crippen MR) is 106 cm³/mol. The minimum absolute atomic E-state index is 0.0406. The zero-order valence-corrected chi connectivity index (χ0v) is 16.0. The van der Waals surface area contributed by atoms with E-state index in [1.54, 1.807) is 36.4 Å². The second-order valence-corrected chi connectivity index (χ2v) is 6.77. The summed E-state index contributed by atoms with van der Waals surface area (Å²) in [7, 11) is 1.45. The molecule has 2 aromatic carbocycles. The molecule has 0 radical (unpaired) electrons. The van der Waals surface area contributed by atoms with E-state index >= 15 is 0 Å². The van der Waals surface area contributed by atoms with Gasteiger partial charge in [-0.1, -0.05) is 24.3 Å².